The third-order valence-electron chi connectivity index (χ3n) is 3.45. The third-order valence-corrected chi connectivity index (χ3v) is 3.79. The van der Waals surface area contributed by atoms with E-state index in [1.54, 1.807) is 0 Å². The molecule has 0 saturated carbocycles. The first-order valence-electron chi connectivity index (χ1n) is 7.36. The van der Waals surface area contributed by atoms with Crippen molar-refractivity contribution in [2.45, 2.75) is 27.3 Å². The summed E-state index contributed by atoms with van der Waals surface area (Å²) in [6.07, 6.45) is 0. The van der Waals surface area contributed by atoms with Crippen molar-refractivity contribution in [1.82, 2.24) is 10.3 Å². The van der Waals surface area contributed by atoms with Crippen molar-refractivity contribution >= 4 is 23.1 Å². The van der Waals surface area contributed by atoms with E-state index >= 15 is 0 Å². The minimum atomic E-state index is 0.689. The highest BCUT2D eigenvalue weighted by Crippen LogP contribution is 2.28. The summed E-state index contributed by atoms with van der Waals surface area (Å²) in [6, 6.07) is 12.3. The summed E-state index contributed by atoms with van der Waals surface area (Å²) in [5, 5.41) is 3.98. The minimum Gasteiger partial charge on any atom is -0.326 e. The maximum Gasteiger partial charge on any atom is 0.133 e. The van der Waals surface area contributed by atoms with Gasteiger partial charge in [0.1, 0.15) is 5.82 Å². The highest BCUT2D eigenvalue weighted by atomic mass is 35.5. The Morgan fingerprint density at radius 3 is 2.57 bits per heavy atom. The van der Waals surface area contributed by atoms with Gasteiger partial charge >= 0.3 is 0 Å². The fourth-order valence-electron chi connectivity index (χ4n) is 2.31. The van der Waals surface area contributed by atoms with Crippen molar-refractivity contribution in [1.29, 1.82) is 0 Å². The highest BCUT2D eigenvalue weighted by Gasteiger charge is 2.12. The summed E-state index contributed by atoms with van der Waals surface area (Å²) in [6.45, 7) is 8.77. The van der Waals surface area contributed by atoms with Gasteiger partial charge in [-0.15, -0.1) is 0 Å². The van der Waals surface area contributed by atoms with Crippen LogP contribution in [-0.2, 0) is 6.54 Å². The molecule has 112 valence electrons. The summed E-state index contributed by atoms with van der Waals surface area (Å²) in [5.74, 6) is 0.934. The van der Waals surface area contributed by atoms with Crippen molar-refractivity contribution in [3.8, 4) is 0 Å². The Kier molecular flexibility index (Phi) is 5.59. The van der Waals surface area contributed by atoms with E-state index in [0.717, 1.165) is 24.6 Å². The average Bonchev–Trinajstić information content (AvgIpc) is 2.50. The Hall–Kier alpha value is -1.58. The molecular weight excluding hydrogens is 282 g/mol. The van der Waals surface area contributed by atoms with Gasteiger partial charge in [-0.2, -0.15) is 0 Å². The fourth-order valence-corrected chi connectivity index (χ4v) is 2.48. The summed E-state index contributed by atoms with van der Waals surface area (Å²) < 4.78 is 0. The van der Waals surface area contributed by atoms with Crippen LogP contribution in [0.2, 0.25) is 5.02 Å². The van der Waals surface area contributed by atoms with Crippen molar-refractivity contribution in [3.63, 3.8) is 0 Å². The number of benzene rings is 1. The van der Waals surface area contributed by atoms with Gasteiger partial charge < -0.3 is 10.2 Å². The first-order valence-corrected chi connectivity index (χ1v) is 7.74. The zero-order chi connectivity index (χ0) is 15.2. The van der Waals surface area contributed by atoms with Gasteiger partial charge in [0.05, 0.1) is 10.7 Å². The van der Waals surface area contributed by atoms with Crippen molar-refractivity contribution in [2.24, 2.45) is 0 Å². The van der Waals surface area contributed by atoms with Gasteiger partial charge in [-0.25, -0.2) is 4.98 Å². The van der Waals surface area contributed by atoms with Crippen molar-refractivity contribution < 1.29 is 0 Å². The molecule has 0 saturated heterocycles. The lowest BCUT2D eigenvalue weighted by atomic mass is 10.2. The molecule has 21 heavy (non-hydrogen) atoms. The van der Waals surface area contributed by atoms with E-state index in [1.807, 2.05) is 12.1 Å². The highest BCUT2D eigenvalue weighted by molar-refractivity contribution is 6.31. The number of nitrogens with one attached hydrogen (secondary N) is 1. The second-order valence-electron chi connectivity index (χ2n) is 4.91. The molecule has 1 aromatic carbocycles. The van der Waals surface area contributed by atoms with E-state index in [9.17, 15) is 0 Å². The SMILES string of the molecule is CCNCc1nc(N(CC)c2ccccc2C)ccc1Cl. The number of rotatable bonds is 6. The Balaban J connectivity index is 2.36. The van der Waals surface area contributed by atoms with Crippen LogP contribution < -0.4 is 10.2 Å². The summed E-state index contributed by atoms with van der Waals surface area (Å²) >= 11 is 6.24. The van der Waals surface area contributed by atoms with Crippen molar-refractivity contribution in [2.75, 3.05) is 18.0 Å². The molecule has 0 atom stereocenters. The van der Waals surface area contributed by atoms with Crippen LogP contribution in [0.3, 0.4) is 0 Å². The molecule has 0 aliphatic heterocycles. The second-order valence-corrected chi connectivity index (χ2v) is 5.32. The first-order chi connectivity index (χ1) is 10.2. The predicted molar refractivity (Wildman–Crippen MR) is 90.5 cm³/mol. The van der Waals surface area contributed by atoms with Crippen LogP contribution in [0, 0.1) is 6.92 Å². The molecule has 3 nitrogen and oxygen atoms in total. The molecule has 1 aromatic heterocycles. The van der Waals surface area contributed by atoms with E-state index in [1.165, 1.54) is 11.3 Å². The Labute approximate surface area is 132 Å². The van der Waals surface area contributed by atoms with Gasteiger partial charge in [0, 0.05) is 18.8 Å². The van der Waals surface area contributed by atoms with Crippen LogP contribution >= 0.6 is 11.6 Å². The molecule has 0 fully saturated rings. The molecule has 0 bridgehead atoms. The Morgan fingerprint density at radius 2 is 1.90 bits per heavy atom. The summed E-state index contributed by atoms with van der Waals surface area (Å²) in [4.78, 5) is 6.94. The van der Waals surface area contributed by atoms with E-state index < -0.39 is 0 Å². The van der Waals surface area contributed by atoms with E-state index in [0.29, 0.717) is 11.6 Å². The molecule has 0 aliphatic carbocycles. The summed E-state index contributed by atoms with van der Waals surface area (Å²) in [7, 11) is 0. The number of aryl methyl sites for hydroxylation is 1. The van der Waals surface area contributed by atoms with Crippen molar-refractivity contribution in [3.05, 3.63) is 52.7 Å². The third kappa shape index (κ3) is 3.74. The lowest BCUT2D eigenvalue weighted by Crippen LogP contribution is -2.20. The molecule has 0 spiro atoms. The minimum absolute atomic E-state index is 0.689. The maximum absolute atomic E-state index is 6.24. The maximum atomic E-state index is 6.24. The molecule has 2 aromatic rings. The molecule has 1 heterocycles. The van der Waals surface area contributed by atoms with Gasteiger partial charge in [-0.1, -0.05) is 36.7 Å². The number of anilines is 2. The molecule has 0 unspecified atom stereocenters. The molecule has 4 heteroatoms. The smallest absolute Gasteiger partial charge is 0.133 e. The molecule has 0 aliphatic rings. The number of hydrogen-bond acceptors (Lipinski definition) is 3. The zero-order valence-corrected chi connectivity index (χ0v) is 13.6. The number of nitrogens with zero attached hydrogens (tertiary/aromatic N) is 2. The van der Waals surface area contributed by atoms with E-state index in [-0.39, 0.29) is 0 Å². The largest absolute Gasteiger partial charge is 0.326 e. The lowest BCUT2D eigenvalue weighted by Gasteiger charge is -2.24. The normalized spacial score (nSPS) is 10.7. The van der Waals surface area contributed by atoms with Crippen LogP contribution in [0.25, 0.3) is 0 Å². The van der Waals surface area contributed by atoms with Gasteiger partial charge in [-0.05, 0) is 44.2 Å². The molecule has 2 rings (SSSR count). The van der Waals surface area contributed by atoms with Gasteiger partial charge in [0.25, 0.3) is 0 Å². The second kappa shape index (κ2) is 7.43. The van der Waals surface area contributed by atoms with Crippen LogP contribution in [0.15, 0.2) is 36.4 Å². The predicted octanol–water partition coefficient (Wildman–Crippen LogP) is 4.31. The number of hydrogen-bond donors (Lipinski definition) is 1. The Morgan fingerprint density at radius 1 is 1.14 bits per heavy atom. The number of pyridine rings is 1. The van der Waals surface area contributed by atoms with Crippen LogP contribution in [0.4, 0.5) is 11.5 Å². The van der Waals surface area contributed by atoms with Crippen LogP contribution in [-0.4, -0.2) is 18.1 Å². The average molecular weight is 304 g/mol. The lowest BCUT2D eigenvalue weighted by molar-refractivity contribution is 0.710. The Bertz CT molecular complexity index is 598. The van der Waals surface area contributed by atoms with E-state index in [2.05, 4.69) is 55.3 Å². The summed E-state index contributed by atoms with van der Waals surface area (Å²) in [5.41, 5.74) is 3.32. The topological polar surface area (TPSA) is 28.2 Å². The monoisotopic (exact) mass is 303 g/mol. The number of para-hydroxylation sites is 1. The van der Waals surface area contributed by atoms with Crippen LogP contribution in [0.5, 0.6) is 0 Å². The first kappa shape index (κ1) is 15.8. The van der Waals surface area contributed by atoms with Gasteiger partial charge in [0.2, 0.25) is 0 Å². The van der Waals surface area contributed by atoms with Gasteiger partial charge in [0.15, 0.2) is 0 Å². The van der Waals surface area contributed by atoms with Crippen LogP contribution in [0.1, 0.15) is 25.1 Å². The van der Waals surface area contributed by atoms with Gasteiger partial charge in [-0.3, -0.25) is 0 Å². The molecule has 0 radical (unpaired) electrons. The molecular formula is C17H22ClN3. The quantitative estimate of drug-likeness (QED) is 0.862. The molecule has 1 N–H and O–H groups in total. The fraction of sp³-hybridized carbons (Fsp3) is 0.353. The number of aromatic nitrogens is 1. The standard InChI is InChI=1S/C17H22ClN3/c1-4-19-12-15-14(18)10-11-17(20-15)21(5-2)16-9-7-6-8-13(16)3/h6-11,19H,4-5,12H2,1-3H3. The van der Waals surface area contributed by atoms with E-state index in [4.69, 9.17) is 16.6 Å². The number of halogens is 1. The molecule has 0 amide bonds. The zero-order valence-electron chi connectivity index (χ0n) is 12.9.